The molecule has 4 heterocycles. The van der Waals surface area contributed by atoms with Gasteiger partial charge in [0.2, 0.25) is 5.95 Å². The molecule has 2 fully saturated rings. The second-order valence-electron chi connectivity index (χ2n) is 7.79. The third kappa shape index (κ3) is 4.03. The van der Waals surface area contributed by atoms with Gasteiger partial charge in [-0.15, -0.1) is 0 Å². The fourth-order valence-corrected chi connectivity index (χ4v) is 4.13. The van der Waals surface area contributed by atoms with Crippen LogP contribution in [-0.4, -0.2) is 83.8 Å². The predicted octanol–water partition coefficient (Wildman–Crippen LogP) is 1.54. The highest BCUT2D eigenvalue weighted by Gasteiger charge is 2.16. The van der Waals surface area contributed by atoms with Crippen molar-refractivity contribution in [3.63, 3.8) is 0 Å². The summed E-state index contributed by atoms with van der Waals surface area (Å²) in [6.45, 7) is 7.72. The third-order valence-electron chi connectivity index (χ3n) is 5.87. The number of nitrogens with zero attached hydrogens (tertiary/aromatic N) is 6. The molecule has 157 valence electrons. The number of hydrogen-bond donors (Lipinski definition) is 0. The standard InChI is InChI=1S/C22H27N6O2/c1-26-21-16-17(19-4-6-23-22(24-19)28-10-14-30-15-11-28)2-3-18(21)20(25-26)5-7-27-8-12-29-13-9-27/h2-4,16H,5,7-15H2,1H3. The van der Waals surface area contributed by atoms with Gasteiger partial charge in [0, 0.05) is 57.1 Å². The third-order valence-corrected chi connectivity index (χ3v) is 5.87. The van der Waals surface area contributed by atoms with Crippen molar-refractivity contribution in [2.45, 2.75) is 6.42 Å². The fourth-order valence-electron chi connectivity index (χ4n) is 4.13. The molecule has 2 aliphatic heterocycles. The van der Waals surface area contributed by atoms with Crippen LogP contribution in [0.25, 0.3) is 22.2 Å². The van der Waals surface area contributed by atoms with Crippen LogP contribution in [0.3, 0.4) is 0 Å². The second kappa shape index (κ2) is 8.67. The first kappa shape index (κ1) is 19.4. The van der Waals surface area contributed by atoms with Crippen molar-refractivity contribution in [2.75, 3.05) is 64.1 Å². The van der Waals surface area contributed by atoms with Gasteiger partial charge in [-0.1, -0.05) is 12.1 Å². The Balaban J connectivity index is 1.38. The van der Waals surface area contributed by atoms with E-state index in [2.05, 4.69) is 39.2 Å². The summed E-state index contributed by atoms with van der Waals surface area (Å²) in [4.78, 5) is 13.7. The molecule has 0 atom stereocenters. The summed E-state index contributed by atoms with van der Waals surface area (Å²) in [6, 6.07) is 8.31. The number of morpholine rings is 2. The van der Waals surface area contributed by atoms with Crippen molar-refractivity contribution in [3.05, 3.63) is 36.2 Å². The first-order valence-electron chi connectivity index (χ1n) is 10.6. The molecule has 0 N–H and O–H groups in total. The molecule has 0 saturated carbocycles. The van der Waals surface area contributed by atoms with Gasteiger partial charge in [-0.2, -0.15) is 5.10 Å². The maximum atomic E-state index is 5.44. The van der Waals surface area contributed by atoms with Gasteiger partial charge in [0.25, 0.3) is 0 Å². The van der Waals surface area contributed by atoms with E-state index in [1.165, 1.54) is 5.39 Å². The first-order chi connectivity index (χ1) is 14.8. The first-order valence-corrected chi connectivity index (χ1v) is 10.6. The zero-order valence-corrected chi connectivity index (χ0v) is 17.4. The molecule has 0 spiro atoms. The second-order valence-corrected chi connectivity index (χ2v) is 7.79. The van der Waals surface area contributed by atoms with E-state index < -0.39 is 0 Å². The van der Waals surface area contributed by atoms with Crippen molar-refractivity contribution in [1.82, 2.24) is 24.6 Å². The number of anilines is 1. The van der Waals surface area contributed by atoms with Gasteiger partial charge in [-0.25, -0.2) is 9.97 Å². The summed E-state index contributed by atoms with van der Waals surface area (Å²) in [7, 11) is 2.01. The largest absolute Gasteiger partial charge is 0.379 e. The van der Waals surface area contributed by atoms with Crippen LogP contribution in [0.5, 0.6) is 0 Å². The number of hydrogen-bond acceptors (Lipinski definition) is 7. The topological polar surface area (TPSA) is 68.5 Å². The minimum absolute atomic E-state index is 0.710. The van der Waals surface area contributed by atoms with E-state index in [9.17, 15) is 0 Å². The Bertz CT molecular complexity index is 1010. The number of aromatic nitrogens is 4. The number of rotatable bonds is 5. The summed E-state index contributed by atoms with van der Waals surface area (Å²) in [5.41, 5.74) is 4.20. The Labute approximate surface area is 176 Å². The lowest BCUT2D eigenvalue weighted by Crippen LogP contribution is -2.37. The molecule has 3 aromatic rings. The zero-order chi connectivity index (χ0) is 20.3. The molecule has 1 radical (unpaired) electrons. The average molecular weight is 407 g/mol. The van der Waals surface area contributed by atoms with Crippen molar-refractivity contribution in [2.24, 2.45) is 7.05 Å². The molecule has 2 saturated heterocycles. The van der Waals surface area contributed by atoms with Gasteiger partial charge >= 0.3 is 0 Å². The minimum atomic E-state index is 0.710. The summed E-state index contributed by atoms with van der Waals surface area (Å²) >= 11 is 0. The zero-order valence-electron chi connectivity index (χ0n) is 17.4. The normalized spacial score (nSPS) is 18.2. The lowest BCUT2D eigenvalue weighted by molar-refractivity contribution is 0.0383. The van der Waals surface area contributed by atoms with Crippen LogP contribution in [-0.2, 0) is 22.9 Å². The Kier molecular flexibility index (Phi) is 5.61. The molecule has 0 bridgehead atoms. The lowest BCUT2D eigenvalue weighted by Gasteiger charge is -2.26. The van der Waals surface area contributed by atoms with Gasteiger partial charge < -0.3 is 14.4 Å². The van der Waals surface area contributed by atoms with Gasteiger partial charge in [0.1, 0.15) is 0 Å². The Morgan fingerprint density at radius 1 is 1.03 bits per heavy atom. The number of fused-ring (bicyclic) bond motifs is 1. The molecule has 1 aromatic carbocycles. The quantitative estimate of drug-likeness (QED) is 0.636. The Morgan fingerprint density at radius 3 is 2.60 bits per heavy atom. The molecule has 2 aromatic heterocycles. The summed E-state index contributed by atoms with van der Waals surface area (Å²) < 4.78 is 12.9. The molecule has 8 nitrogen and oxygen atoms in total. The van der Waals surface area contributed by atoms with E-state index in [0.29, 0.717) is 19.2 Å². The highest BCUT2D eigenvalue weighted by atomic mass is 16.5. The minimum Gasteiger partial charge on any atom is -0.379 e. The highest BCUT2D eigenvalue weighted by Crippen LogP contribution is 2.26. The van der Waals surface area contributed by atoms with Crippen LogP contribution in [0, 0.1) is 6.20 Å². The van der Waals surface area contributed by atoms with E-state index in [4.69, 9.17) is 19.6 Å². The van der Waals surface area contributed by atoms with Crippen LogP contribution in [0.2, 0.25) is 0 Å². The van der Waals surface area contributed by atoms with Gasteiger partial charge in [0.15, 0.2) is 0 Å². The lowest BCUT2D eigenvalue weighted by atomic mass is 10.1. The molecule has 2 aliphatic rings. The molecule has 5 rings (SSSR count). The SMILES string of the molecule is Cn1nc(CCN2CCOCC2)c2ccc(-c3c[c]nc(N4CCOCC4)n3)cc21. The van der Waals surface area contributed by atoms with Crippen molar-refractivity contribution in [3.8, 4) is 11.3 Å². The molecule has 0 unspecified atom stereocenters. The monoisotopic (exact) mass is 407 g/mol. The molecule has 30 heavy (non-hydrogen) atoms. The summed E-state index contributed by atoms with van der Waals surface area (Å²) in [5.74, 6) is 0.715. The molecule has 8 heteroatoms. The highest BCUT2D eigenvalue weighted by molar-refractivity contribution is 5.86. The van der Waals surface area contributed by atoms with Crippen molar-refractivity contribution in [1.29, 1.82) is 0 Å². The maximum Gasteiger partial charge on any atom is 0.226 e. The predicted molar refractivity (Wildman–Crippen MR) is 115 cm³/mol. The molecular formula is C22H27N6O2. The van der Waals surface area contributed by atoms with Crippen molar-refractivity contribution >= 4 is 16.9 Å². The van der Waals surface area contributed by atoms with Gasteiger partial charge in [0.05, 0.1) is 49.5 Å². The van der Waals surface area contributed by atoms with E-state index in [0.717, 1.165) is 74.8 Å². The number of benzene rings is 1. The average Bonchev–Trinajstić information content (AvgIpc) is 3.14. The van der Waals surface area contributed by atoms with Crippen LogP contribution in [0.15, 0.2) is 24.3 Å². The van der Waals surface area contributed by atoms with E-state index >= 15 is 0 Å². The van der Waals surface area contributed by atoms with E-state index in [1.807, 2.05) is 17.8 Å². The smallest absolute Gasteiger partial charge is 0.226 e. The number of aryl methyl sites for hydroxylation is 1. The summed E-state index contributed by atoms with van der Waals surface area (Å²) in [5, 5.41) is 6.01. The molecule has 0 aliphatic carbocycles. The van der Waals surface area contributed by atoms with Crippen LogP contribution in [0.1, 0.15) is 5.69 Å². The fraction of sp³-hybridized carbons (Fsp3) is 0.500. The van der Waals surface area contributed by atoms with E-state index in [1.54, 1.807) is 0 Å². The number of ether oxygens (including phenoxy) is 2. The molecular weight excluding hydrogens is 380 g/mol. The van der Waals surface area contributed by atoms with Crippen LogP contribution < -0.4 is 4.90 Å². The Morgan fingerprint density at radius 2 is 1.80 bits per heavy atom. The summed E-state index contributed by atoms with van der Waals surface area (Å²) in [6.07, 6.45) is 3.96. The molecule has 0 amide bonds. The Hall–Kier alpha value is -2.55. The van der Waals surface area contributed by atoms with Gasteiger partial charge in [-0.05, 0) is 12.1 Å². The van der Waals surface area contributed by atoms with Crippen LogP contribution in [0.4, 0.5) is 5.95 Å². The van der Waals surface area contributed by atoms with Crippen LogP contribution >= 0.6 is 0 Å². The van der Waals surface area contributed by atoms with Gasteiger partial charge in [-0.3, -0.25) is 9.58 Å². The maximum absolute atomic E-state index is 5.44. The van der Waals surface area contributed by atoms with Crippen molar-refractivity contribution < 1.29 is 9.47 Å². The van der Waals surface area contributed by atoms with E-state index in [-0.39, 0.29) is 0 Å².